The van der Waals surface area contributed by atoms with Crippen LogP contribution in [0, 0.1) is 0 Å². The van der Waals surface area contributed by atoms with Gasteiger partial charge >= 0.3 is 0 Å². The second kappa shape index (κ2) is 5.14. The van der Waals surface area contributed by atoms with E-state index in [0.717, 1.165) is 28.3 Å². The minimum absolute atomic E-state index is 0.0621. The summed E-state index contributed by atoms with van der Waals surface area (Å²) in [5, 5.41) is 10.1. The Morgan fingerprint density at radius 3 is 2.95 bits per heavy atom. The van der Waals surface area contributed by atoms with Crippen LogP contribution in [0.2, 0.25) is 0 Å². The van der Waals surface area contributed by atoms with Crippen LogP contribution in [-0.2, 0) is 4.79 Å². The Labute approximate surface area is 131 Å². The van der Waals surface area contributed by atoms with Gasteiger partial charge in [-0.2, -0.15) is 16.4 Å². The number of thiophene rings is 1. The summed E-state index contributed by atoms with van der Waals surface area (Å²) in [6.07, 6.45) is 0.704. The summed E-state index contributed by atoms with van der Waals surface area (Å²) < 4.78 is 10.8. The van der Waals surface area contributed by atoms with Crippen LogP contribution < -0.4 is 9.47 Å². The Bertz CT molecular complexity index is 755. The summed E-state index contributed by atoms with van der Waals surface area (Å²) in [6, 6.07) is 7.74. The lowest BCUT2D eigenvalue weighted by Gasteiger charge is -2.20. The van der Waals surface area contributed by atoms with Crippen LogP contribution in [-0.4, -0.2) is 23.4 Å². The van der Waals surface area contributed by atoms with E-state index in [1.54, 1.807) is 23.3 Å². The molecule has 1 atom stereocenters. The molecule has 1 amide bonds. The molecule has 0 fully saturated rings. The average Bonchev–Trinajstić information content (AvgIpc) is 3.25. The van der Waals surface area contributed by atoms with Crippen molar-refractivity contribution in [1.29, 1.82) is 0 Å². The molecule has 5 nitrogen and oxygen atoms in total. The van der Waals surface area contributed by atoms with Crippen molar-refractivity contribution >= 4 is 23.0 Å². The first-order valence-electron chi connectivity index (χ1n) is 7.02. The molecule has 0 unspecified atom stereocenters. The highest BCUT2D eigenvalue weighted by Gasteiger charge is 2.32. The third-order valence-corrected chi connectivity index (χ3v) is 4.55. The minimum Gasteiger partial charge on any atom is -0.454 e. The number of fused-ring (bicyclic) bond motifs is 1. The van der Waals surface area contributed by atoms with Gasteiger partial charge in [0.05, 0.1) is 11.8 Å². The zero-order valence-corrected chi connectivity index (χ0v) is 12.8. The lowest BCUT2D eigenvalue weighted by Crippen LogP contribution is -2.24. The minimum atomic E-state index is -0.0955. The van der Waals surface area contributed by atoms with Crippen molar-refractivity contribution in [2.45, 2.75) is 19.4 Å². The summed E-state index contributed by atoms with van der Waals surface area (Å²) in [7, 11) is 0. The van der Waals surface area contributed by atoms with Gasteiger partial charge in [-0.3, -0.25) is 4.79 Å². The maximum atomic E-state index is 11.9. The molecule has 112 valence electrons. The van der Waals surface area contributed by atoms with Gasteiger partial charge < -0.3 is 9.47 Å². The van der Waals surface area contributed by atoms with Gasteiger partial charge in [-0.25, -0.2) is 5.01 Å². The van der Waals surface area contributed by atoms with Gasteiger partial charge in [-0.1, -0.05) is 6.07 Å². The third-order valence-electron chi connectivity index (χ3n) is 3.87. The number of carbonyl (C=O) groups excluding carboxylic acids is 1. The molecule has 6 heteroatoms. The number of hydrazone groups is 1. The molecule has 0 radical (unpaired) electrons. The highest BCUT2D eigenvalue weighted by molar-refractivity contribution is 7.08. The molecule has 0 saturated carbocycles. The first-order valence-corrected chi connectivity index (χ1v) is 7.96. The van der Waals surface area contributed by atoms with E-state index in [1.807, 2.05) is 29.6 Å². The third kappa shape index (κ3) is 2.16. The largest absolute Gasteiger partial charge is 0.454 e. The number of hydrogen-bond acceptors (Lipinski definition) is 5. The van der Waals surface area contributed by atoms with E-state index in [0.29, 0.717) is 6.42 Å². The number of benzene rings is 1. The van der Waals surface area contributed by atoms with Crippen molar-refractivity contribution in [3.05, 3.63) is 46.2 Å². The van der Waals surface area contributed by atoms with Gasteiger partial charge in [0, 0.05) is 18.9 Å². The Kier molecular flexibility index (Phi) is 3.11. The van der Waals surface area contributed by atoms with Crippen LogP contribution >= 0.6 is 11.3 Å². The normalized spacial score (nSPS) is 19.4. The second-order valence-corrected chi connectivity index (χ2v) is 6.03. The molecule has 2 aliphatic heterocycles. The van der Waals surface area contributed by atoms with E-state index in [9.17, 15) is 4.79 Å². The van der Waals surface area contributed by atoms with Crippen LogP contribution in [0.4, 0.5) is 0 Å². The molecule has 0 spiro atoms. The maximum Gasteiger partial charge on any atom is 0.240 e. The zero-order valence-electron chi connectivity index (χ0n) is 12.0. The van der Waals surface area contributed by atoms with Gasteiger partial charge in [0.25, 0.3) is 0 Å². The molecule has 2 aliphatic rings. The quantitative estimate of drug-likeness (QED) is 0.855. The summed E-state index contributed by atoms with van der Waals surface area (Å²) in [5.41, 5.74) is 3.03. The van der Waals surface area contributed by atoms with Crippen molar-refractivity contribution < 1.29 is 14.3 Å². The van der Waals surface area contributed by atoms with Crippen LogP contribution in [0.3, 0.4) is 0 Å². The standard InChI is InChI=1S/C16H14N2O3S/c1-10(19)18-14(7-13(17-18)12-4-5-22-8-12)11-2-3-15-16(6-11)21-9-20-15/h2-6,8,14H,7,9H2,1H3/t14-/m1/s1. The molecular formula is C16H14N2O3S. The molecule has 0 saturated heterocycles. The predicted molar refractivity (Wildman–Crippen MR) is 83.3 cm³/mol. The number of amides is 1. The Morgan fingerprint density at radius 1 is 1.32 bits per heavy atom. The number of ether oxygens (including phenoxy) is 2. The topological polar surface area (TPSA) is 51.1 Å². The second-order valence-electron chi connectivity index (χ2n) is 5.25. The van der Waals surface area contributed by atoms with Crippen LogP contribution in [0.15, 0.2) is 40.1 Å². The molecule has 0 aliphatic carbocycles. The number of rotatable bonds is 2. The van der Waals surface area contributed by atoms with Crippen molar-refractivity contribution in [1.82, 2.24) is 5.01 Å². The first kappa shape index (κ1) is 13.3. The molecule has 22 heavy (non-hydrogen) atoms. The van der Waals surface area contributed by atoms with E-state index in [4.69, 9.17) is 9.47 Å². The van der Waals surface area contributed by atoms with Gasteiger partial charge in [-0.05, 0) is 34.5 Å². The summed E-state index contributed by atoms with van der Waals surface area (Å²) in [4.78, 5) is 11.9. The van der Waals surface area contributed by atoms with Crippen molar-refractivity contribution in [2.75, 3.05) is 6.79 Å². The van der Waals surface area contributed by atoms with Gasteiger partial charge in [0.2, 0.25) is 12.7 Å². The SMILES string of the molecule is CC(=O)N1N=C(c2ccsc2)C[C@@H]1c1ccc2c(c1)OCO2. The molecular weight excluding hydrogens is 300 g/mol. The molecule has 0 bridgehead atoms. The van der Waals surface area contributed by atoms with E-state index < -0.39 is 0 Å². The van der Waals surface area contributed by atoms with Gasteiger partial charge in [-0.15, -0.1) is 0 Å². The molecule has 1 aromatic heterocycles. The maximum absolute atomic E-state index is 11.9. The summed E-state index contributed by atoms with van der Waals surface area (Å²) in [5.74, 6) is 1.41. The zero-order chi connectivity index (χ0) is 15.1. The van der Waals surface area contributed by atoms with E-state index in [-0.39, 0.29) is 18.7 Å². The number of hydrogen-bond donors (Lipinski definition) is 0. The summed E-state index contributed by atoms with van der Waals surface area (Å²) in [6.45, 7) is 1.79. The highest BCUT2D eigenvalue weighted by atomic mass is 32.1. The monoisotopic (exact) mass is 314 g/mol. The van der Waals surface area contributed by atoms with Gasteiger partial charge in [0.15, 0.2) is 11.5 Å². The molecule has 0 N–H and O–H groups in total. The van der Waals surface area contributed by atoms with E-state index in [2.05, 4.69) is 10.5 Å². The molecule has 4 rings (SSSR count). The summed E-state index contributed by atoms with van der Waals surface area (Å²) >= 11 is 1.63. The Morgan fingerprint density at radius 2 is 2.18 bits per heavy atom. The predicted octanol–water partition coefficient (Wildman–Crippen LogP) is 3.17. The van der Waals surface area contributed by atoms with Crippen molar-refractivity contribution in [3.8, 4) is 11.5 Å². The molecule has 3 heterocycles. The van der Waals surface area contributed by atoms with Crippen LogP contribution in [0.25, 0.3) is 0 Å². The Hall–Kier alpha value is -2.34. The number of carbonyl (C=O) groups is 1. The smallest absolute Gasteiger partial charge is 0.240 e. The fraction of sp³-hybridized carbons (Fsp3) is 0.250. The van der Waals surface area contributed by atoms with Crippen LogP contribution in [0.1, 0.15) is 30.5 Å². The van der Waals surface area contributed by atoms with Gasteiger partial charge in [0.1, 0.15) is 0 Å². The van der Waals surface area contributed by atoms with E-state index in [1.165, 1.54) is 0 Å². The molecule has 2 aromatic rings. The fourth-order valence-corrected chi connectivity index (χ4v) is 3.45. The fourth-order valence-electron chi connectivity index (χ4n) is 2.78. The van der Waals surface area contributed by atoms with E-state index >= 15 is 0 Å². The lowest BCUT2D eigenvalue weighted by atomic mass is 9.99. The molecule has 1 aromatic carbocycles. The first-order chi connectivity index (χ1) is 10.7. The highest BCUT2D eigenvalue weighted by Crippen LogP contribution is 2.39. The van der Waals surface area contributed by atoms with Crippen LogP contribution in [0.5, 0.6) is 11.5 Å². The van der Waals surface area contributed by atoms with Crippen molar-refractivity contribution in [3.63, 3.8) is 0 Å². The lowest BCUT2D eigenvalue weighted by molar-refractivity contribution is -0.130. The van der Waals surface area contributed by atoms with Crippen molar-refractivity contribution in [2.24, 2.45) is 5.10 Å². The number of nitrogens with zero attached hydrogens (tertiary/aromatic N) is 2. The Balaban J connectivity index is 1.68. The average molecular weight is 314 g/mol.